The maximum Gasteiger partial charge on any atom is 0.132 e. The number of nitrogens with one attached hydrogen (secondary N) is 2. The van der Waals surface area contributed by atoms with Crippen LogP contribution in [-0.2, 0) is 0 Å². The monoisotopic (exact) mass is 300 g/mol. The SMILES string of the molecule is C[C@H](C[C@H](O)c1ccco1)N[C@@H]1CCCNc2ccccc21. The molecule has 0 radical (unpaired) electrons. The molecule has 118 valence electrons. The van der Waals surface area contributed by atoms with E-state index in [9.17, 15) is 5.11 Å². The first-order chi connectivity index (χ1) is 10.7. The number of para-hydroxylation sites is 1. The lowest BCUT2D eigenvalue weighted by Gasteiger charge is -2.25. The van der Waals surface area contributed by atoms with Crippen LogP contribution in [-0.4, -0.2) is 17.7 Å². The number of hydrogen-bond donors (Lipinski definition) is 3. The molecule has 1 aromatic heterocycles. The van der Waals surface area contributed by atoms with E-state index in [4.69, 9.17) is 4.42 Å². The fraction of sp³-hybridized carbons (Fsp3) is 0.444. The summed E-state index contributed by atoms with van der Waals surface area (Å²) in [5, 5.41) is 17.4. The minimum Gasteiger partial charge on any atom is -0.467 e. The number of aliphatic hydroxyl groups is 1. The van der Waals surface area contributed by atoms with Crippen LogP contribution in [0.4, 0.5) is 5.69 Å². The maximum absolute atomic E-state index is 10.2. The Morgan fingerprint density at radius 2 is 2.18 bits per heavy atom. The van der Waals surface area contributed by atoms with Gasteiger partial charge in [-0.05, 0) is 49.9 Å². The van der Waals surface area contributed by atoms with Crippen molar-refractivity contribution < 1.29 is 9.52 Å². The van der Waals surface area contributed by atoms with Crippen molar-refractivity contribution >= 4 is 5.69 Å². The molecular weight excluding hydrogens is 276 g/mol. The summed E-state index contributed by atoms with van der Waals surface area (Å²) in [5.41, 5.74) is 2.54. The van der Waals surface area contributed by atoms with Gasteiger partial charge in [-0.3, -0.25) is 0 Å². The lowest BCUT2D eigenvalue weighted by molar-refractivity contribution is 0.126. The molecule has 0 amide bonds. The van der Waals surface area contributed by atoms with Crippen LogP contribution in [0.3, 0.4) is 0 Å². The summed E-state index contributed by atoms with van der Waals surface area (Å²) in [7, 11) is 0. The normalized spacial score (nSPS) is 20.5. The van der Waals surface area contributed by atoms with E-state index in [2.05, 4.69) is 41.8 Å². The quantitative estimate of drug-likeness (QED) is 0.789. The second-order valence-electron chi connectivity index (χ2n) is 6.04. The van der Waals surface area contributed by atoms with Crippen LogP contribution in [0.2, 0.25) is 0 Å². The molecule has 1 aliphatic heterocycles. The van der Waals surface area contributed by atoms with Gasteiger partial charge in [0.1, 0.15) is 11.9 Å². The molecule has 0 unspecified atom stereocenters. The molecule has 3 N–H and O–H groups in total. The summed E-state index contributed by atoms with van der Waals surface area (Å²) in [6.45, 7) is 3.13. The third-order valence-electron chi connectivity index (χ3n) is 4.26. The van der Waals surface area contributed by atoms with Crippen LogP contribution in [0.15, 0.2) is 47.1 Å². The minimum absolute atomic E-state index is 0.205. The summed E-state index contributed by atoms with van der Waals surface area (Å²) in [5.74, 6) is 0.636. The van der Waals surface area contributed by atoms with E-state index in [1.807, 2.05) is 12.1 Å². The third-order valence-corrected chi connectivity index (χ3v) is 4.26. The van der Waals surface area contributed by atoms with Gasteiger partial charge in [0.15, 0.2) is 0 Å². The molecule has 0 fully saturated rings. The van der Waals surface area contributed by atoms with E-state index < -0.39 is 6.10 Å². The van der Waals surface area contributed by atoms with Crippen LogP contribution in [0.1, 0.15) is 49.7 Å². The van der Waals surface area contributed by atoms with E-state index in [1.54, 1.807) is 6.26 Å². The van der Waals surface area contributed by atoms with Crippen molar-refractivity contribution in [2.75, 3.05) is 11.9 Å². The van der Waals surface area contributed by atoms with Gasteiger partial charge in [-0.1, -0.05) is 18.2 Å². The lowest BCUT2D eigenvalue weighted by atomic mass is 9.99. The molecule has 3 atom stereocenters. The first-order valence-electron chi connectivity index (χ1n) is 8.04. The van der Waals surface area contributed by atoms with Gasteiger partial charge in [0.2, 0.25) is 0 Å². The molecule has 0 aliphatic carbocycles. The molecule has 0 spiro atoms. The fourth-order valence-corrected chi connectivity index (χ4v) is 3.16. The molecule has 4 nitrogen and oxygen atoms in total. The molecule has 1 aliphatic rings. The van der Waals surface area contributed by atoms with Crippen molar-refractivity contribution in [1.29, 1.82) is 0 Å². The lowest BCUT2D eigenvalue weighted by Crippen LogP contribution is -2.31. The predicted molar refractivity (Wildman–Crippen MR) is 87.8 cm³/mol. The van der Waals surface area contributed by atoms with Crippen molar-refractivity contribution in [2.45, 2.75) is 44.4 Å². The van der Waals surface area contributed by atoms with Crippen LogP contribution in [0, 0.1) is 0 Å². The zero-order chi connectivity index (χ0) is 15.4. The topological polar surface area (TPSA) is 57.4 Å². The van der Waals surface area contributed by atoms with Gasteiger partial charge in [-0.25, -0.2) is 0 Å². The largest absolute Gasteiger partial charge is 0.467 e. The number of rotatable bonds is 5. The number of furan rings is 1. The van der Waals surface area contributed by atoms with E-state index in [0.29, 0.717) is 18.2 Å². The number of aliphatic hydroxyl groups excluding tert-OH is 1. The molecular formula is C18H24N2O2. The van der Waals surface area contributed by atoms with E-state index >= 15 is 0 Å². The third kappa shape index (κ3) is 3.51. The first-order valence-corrected chi connectivity index (χ1v) is 8.04. The van der Waals surface area contributed by atoms with Crippen LogP contribution in [0.25, 0.3) is 0 Å². The number of anilines is 1. The summed E-state index contributed by atoms with van der Waals surface area (Å²) in [6, 6.07) is 12.6. The number of hydrogen-bond acceptors (Lipinski definition) is 4. The highest BCUT2D eigenvalue weighted by Gasteiger charge is 2.21. The van der Waals surface area contributed by atoms with Crippen LogP contribution in [0.5, 0.6) is 0 Å². The average molecular weight is 300 g/mol. The molecule has 0 bridgehead atoms. The van der Waals surface area contributed by atoms with Gasteiger partial charge in [-0.15, -0.1) is 0 Å². The Morgan fingerprint density at radius 3 is 3.00 bits per heavy atom. The first kappa shape index (κ1) is 15.1. The average Bonchev–Trinajstić information content (AvgIpc) is 2.98. The highest BCUT2D eigenvalue weighted by Crippen LogP contribution is 2.30. The zero-order valence-corrected chi connectivity index (χ0v) is 13.0. The summed E-state index contributed by atoms with van der Waals surface area (Å²) in [4.78, 5) is 0. The molecule has 3 rings (SSSR count). The van der Waals surface area contributed by atoms with Crippen molar-refractivity contribution in [3.05, 3.63) is 54.0 Å². The van der Waals surface area contributed by atoms with Gasteiger partial charge in [0.05, 0.1) is 6.26 Å². The maximum atomic E-state index is 10.2. The van der Waals surface area contributed by atoms with E-state index in [-0.39, 0.29) is 6.04 Å². The number of fused-ring (bicyclic) bond motifs is 1. The molecule has 2 heterocycles. The summed E-state index contributed by atoms with van der Waals surface area (Å²) < 4.78 is 5.27. The second kappa shape index (κ2) is 6.99. The Balaban J connectivity index is 1.65. The Bertz CT molecular complexity index is 583. The van der Waals surface area contributed by atoms with Crippen molar-refractivity contribution in [2.24, 2.45) is 0 Å². The smallest absolute Gasteiger partial charge is 0.132 e. The Hall–Kier alpha value is -1.78. The Labute approximate surface area is 131 Å². The van der Waals surface area contributed by atoms with E-state index in [0.717, 1.165) is 19.4 Å². The molecule has 4 heteroatoms. The summed E-state index contributed by atoms with van der Waals surface area (Å²) in [6.07, 6.45) is 3.92. The highest BCUT2D eigenvalue weighted by molar-refractivity contribution is 5.53. The highest BCUT2D eigenvalue weighted by atomic mass is 16.4. The van der Waals surface area contributed by atoms with Crippen LogP contribution >= 0.6 is 0 Å². The standard InChI is InChI=1S/C18H24N2O2/c1-13(12-17(21)18-9-5-11-22-18)20-16-8-4-10-19-15-7-3-2-6-14(15)16/h2-3,5-7,9,11,13,16-17,19-21H,4,8,10,12H2,1H3/t13-,16-,17+/m1/s1. The predicted octanol–water partition coefficient (Wildman–Crippen LogP) is 3.63. The van der Waals surface area contributed by atoms with Crippen molar-refractivity contribution in [3.63, 3.8) is 0 Å². The fourth-order valence-electron chi connectivity index (χ4n) is 3.16. The van der Waals surface area contributed by atoms with Gasteiger partial charge in [0, 0.05) is 24.3 Å². The molecule has 1 aromatic carbocycles. The van der Waals surface area contributed by atoms with Gasteiger partial charge >= 0.3 is 0 Å². The molecule has 2 aromatic rings. The summed E-state index contributed by atoms with van der Waals surface area (Å²) >= 11 is 0. The Kier molecular flexibility index (Phi) is 4.80. The Morgan fingerprint density at radius 1 is 1.32 bits per heavy atom. The molecule has 22 heavy (non-hydrogen) atoms. The zero-order valence-electron chi connectivity index (χ0n) is 13.0. The minimum atomic E-state index is -0.559. The van der Waals surface area contributed by atoms with Gasteiger partial charge < -0.3 is 20.2 Å². The second-order valence-corrected chi connectivity index (χ2v) is 6.04. The van der Waals surface area contributed by atoms with E-state index in [1.165, 1.54) is 11.3 Å². The molecule has 0 saturated heterocycles. The van der Waals surface area contributed by atoms with Gasteiger partial charge in [0.25, 0.3) is 0 Å². The van der Waals surface area contributed by atoms with Crippen LogP contribution < -0.4 is 10.6 Å². The van der Waals surface area contributed by atoms with Crippen molar-refractivity contribution in [1.82, 2.24) is 5.32 Å². The number of benzene rings is 1. The van der Waals surface area contributed by atoms with Crippen molar-refractivity contribution in [3.8, 4) is 0 Å². The molecule has 0 saturated carbocycles. The van der Waals surface area contributed by atoms with Gasteiger partial charge in [-0.2, -0.15) is 0 Å².